The van der Waals surface area contributed by atoms with Gasteiger partial charge in [-0.25, -0.2) is 4.39 Å². The van der Waals surface area contributed by atoms with E-state index in [0.717, 1.165) is 6.07 Å². The van der Waals surface area contributed by atoms with Gasteiger partial charge in [0.25, 0.3) is 0 Å². The minimum atomic E-state index is -0.987. The Morgan fingerprint density at radius 3 is 2.62 bits per heavy atom. The largest absolute Gasteiger partial charge is 0.504 e. The predicted octanol–water partition coefficient (Wildman–Crippen LogP) is 2.41. The first-order chi connectivity index (χ1) is 7.43. The molecule has 0 aromatic heterocycles. The summed E-state index contributed by atoms with van der Waals surface area (Å²) in [5, 5.41) is 27.1. The fraction of sp³-hybridized carbons (Fsp3) is 0.300. The molecule has 0 saturated heterocycles. The van der Waals surface area contributed by atoms with Gasteiger partial charge in [-0.15, -0.1) is 0 Å². The SMILES string of the molecule is O=C(O)CCCc1c(O)c(O)cc(Br)c1F. The van der Waals surface area contributed by atoms with E-state index in [0.29, 0.717) is 0 Å². The van der Waals surface area contributed by atoms with E-state index in [9.17, 15) is 19.4 Å². The van der Waals surface area contributed by atoms with Crippen molar-refractivity contribution < 1.29 is 24.5 Å². The zero-order chi connectivity index (χ0) is 12.3. The highest BCUT2D eigenvalue weighted by molar-refractivity contribution is 9.10. The molecule has 0 bridgehead atoms. The summed E-state index contributed by atoms with van der Waals surface area (Å²) in [4.78, 5) is 10.3. The third-order valence-electron chi connectivity index (χ3n) is 2.08. The van der Waals surface area contributed by atoms with Crippen LogP contribution in [0.4, 0.5) is 4.39 Å². The van der Waals surface area contributed by atoms with E-state index < -0.39 is 23.3 Å². The minimum absolute atomic E-state index is 0.0353. The average Bonchev–Trinajstić information content (AvgIpc) is 2.20. The number of carboxylic acids is 1. The van der Waals surface area contributed by atoms with Crippen LogP contribution in [-0.4, -0.2) is 21.3 Å². The molecule has 4 nitrogen and oxygen atoms in total. The Hall–Kier alpha value is -1.30. The molecule has 1 aromatic rings. The number of aromatic hydroxyl groups is 2. The average molecular weight is 293 g/mol. The Labute approximate surface area is 99.5 Å². The molecule has 0 heterocycles. The van der Waals surface area contributed by atoms with Crippen LogP contribution in [0.3, 0.4) is 0 Å². The second-order valence-corrected chi connectivity index (χ2v) is 4.12. The maximum atomic E-state index is 13.5. The van der Waals surface area contributed by atoms with Crippen molar-refractivity contribution in [3.8, 4) is 11.5 Å². The first kappa shape index (κ1) is 12.8. The van der Waals surface area contributed by atoms with Crippen LogP contribution in [0.25, 0.3) is 0 Å². The van der Waals surface area contributed by atoms with Crippen LogP contribution >= 0.6 is 15.9 Å². The van der Waals surface area contributed by atoms with Gasteiger partial charge in [0, 0.05) is 18.1 Å². The standard InChI is InChI=1S/C10H10BrFO4/c11-6-4-7(13)10(16)5(9(6)12)2-1-3-8(14)15/h4,13,16H,1-3H2,(H,14,15). The second-order valence-electron chi connectivity index (χ2n) is 3.27. The number of phenols is 2. The van der Waals surface area contributed by atoms with Gasteiger partial charge in [-0.3, -0.25) is 4.79 Å². The zero-order valence-corrected chi connectivity index (χ0v) is 9.79. The van der Waals surface area contributed by atoms with Crippen molar-refractivity contribution in [2.45, 2.75) is 19.3 Å². The van der Waals surface area contributed by atoms with Gasteiger partial charge in [-0.05, 0) is 28.8 Å². The van der Waals surface area contributed by atoms with E-state index in [4.69, 9.17) is 5.11 Å². The molecule has 88 valence electrons. The summed E-state index contributed by atoms with van der Waals surface area (Å²) in [6.07, 6.45) is 0.124. The van der Waals surface area contributed by atoms with E-state index in [-0.39, 0.29) is 29.3 Å². The van der Waals surface area contributed by atoms with Crippen LogP contribution in [0.15, 0.2) is 10.5 Å². The van der Waals surface area contributed by atoms with Gasteiger partial charge in [-0.1, -0.05) is 0 Å². The van der Waals surface area contributed by atoms with Crippen molar-refractivity contribution in [2.24, 2.45) is 0 Å². The third kappa shape index (κ3) is 2.85. The molecule has 0 radical (unpaired) electrons. The van der Waals surface area contributed by atoms with Gasteiger partial charge in [0.05, 0.1) is 4.47 Å². The molecule has 0 saturated carbocycles. The lowest BCUT2D eigenvalue weighted by molar-refractivity contribution is -0.137. The van der Waals surface area contributed by atoms with Crippen LogP contribution < -0.4 is 0 Å². The van der Waals surface area contributed by atoms with Crippen molar-refractivity contribution in [1.82, 2.24) is 0 Å². The molecule has 0 spiro atoms. The monoisotopic (exact) mass is 292 g/mol. The first-order valence-electron chi connectivity index (χ1n) is 4.54. The molecule has 16 heavy (non-hydrogen) atoms. The van der Waals surface area contributed by atoms with Gasteiger partial charge in [-0.2, -0.15) is 0 Å². The lowest BCUT2D eigenvalue weighted by atomic mass is 10.1. The molecule has 1 rings (SSSR count). The van der Waals surface area contributed by atoms with Gasteiger partial charge >= 0.3 is 5.97 Å². The molecule has 0 fully saturated rings. The summed E-state index contributed by atoms with van der Waals surface area (Å²) in [7, 11) is 0. The number of aliphatic carboxylic acids is 1. The summed E-state index contributed by atoms with van der Waals surface area (Å²) in [5.41, 5.74) is -0.0758. The van der Waals surface area contributed by atoms with Crippen molar-refractivity contribution in [3.05, 3.63) is 21.9 Å². The molecular formula is C10H10BrFO4. The number of hydrogen-bond donors (Lipinski definition) is 3. The number of hydrogen-bond acceptors (Lipinski definition) is 3. The van der Waals surface area contributed by atoms with Crippen LogP contribution in [0.5, 0.6) is 11.5 Å². The van der Waals surface area contributed by atoms with E-state index in [1.807, 2.05) is 0 Å². The highest BCUT2D eigenvalue weighted by Crippen LogP contribution is 2.36. The lowest BCUT2D eigenvalue weighted by Gasteiger charge is -2.08. The Kier molecular flexibility index (Phi) is 4.12. The third-order valence-corrected chi connectivity index (χ3v) is 2.66. The lowest BCUT2D eigenvalue weighted by Crippen LogP contribution is -1.98. The Morgan fingerprint density at radius 2 is 2.06 bits per heavy atom. The number of carbonyl (C=O) groups is 1. The highest BCUT2D eigenvalue weighted by Gasteiger charge is 2.16. The van der Waals surface area contributed by atoms with E-state index in [2.05, 4.69) is 15.9 Å². The second kappa shape index (κ2) is 5.16. The molecule has 6 heteroatoms. The summed E-state index contributed by atoms with van der Waals surface area (Å²) >= 11 is 2.89. The quantitative estimate of drug-likeness (QED) is 0.745. The normalized spacial score (nSPS) is 10.4. The number of halogens is 2. The molecule has 0 aliphatic rings. The molecular weight excluding hydrogens is 283 g/mol. The fourth-order valence-corrected chi connectivity index (χ4v) is 1.76. The Morgan fingerprint density at radius 1 is 1.44 bits per heavy atom. The van der Waals surface area contributed by atoms with Gasteiger partial charge in [0.15, 0.2) is 11.5 Å². The predicted molar refractivity (Wildman–Crippen MR) is 58.0 cm³/mol. The van der Waals surface area contributed by atoms with E-state index in [1.165, 1.54) is 0 Å². The van der Waals surface area contributed by atoms with Crippen molar-refractivity contribution >= 4 is 21.9 Å². The van der Waals surface area contributed by atoms with Crippen molar-refractivity contribution in [1.29, 1.82) is 0 Å². The van der Waals surface area contributed by atoms with Gasteiger partial charge in [0.2, 0.25) is 0 Å². The smallest absolute Gasteiger partial charge is 0.303 e. The van der Waals surface area contributed by atoms with Crippen LogP contribution in [0.2, 0.25) is 0 Å². The first-order valence-corrected chi connectivity index (χ1v) is 5.33. The molecule has 0 aliphatic carbocycles. The minimum Gasteiger partial charge on any atom is -0.504 e. The summed E-state index contributed by atoms with van der Waals surface area (Å²) in [6, 6.07) is 1.05. The maximum absolute atomic E-state index is 13.5. The molecule has 0 unspecified atom stereocenters. The van der Waals surface area contributed by atoms with Crippen molar-refractivity contribution in [3.63, 3.8) is 0 Å². The number of carboxylic acid groups (broad SMARTS) is 1. The van der Waals surface area contributed by atoms with Crippen LogP contribution in [0, 0.1) is 5.82 Å². The molecule has 0 aliphatic heterocycles. The highest BCUT2D eigenvalue weighted by atomic mass is 79.9. The molecule has 3 N–H and O–H groups in total. The summed E-state index contributed by atoms with van der Waals surface area (Å²) in [6.45, 7) is 0. The Balaban J connectivity index is 2.90. The van der Waals surface area contributed by atoms with Crippen molar-refractivity contribution in [2.75, 3.05) is 0 Å². The summed E-state index contributed by atoms with van der Waals surface area (Å²) < 4.78 is 13.5. The molecule has 0 atom stereocenters. The fourth-order valence-electron chi connectivity index (χ4n) is 1.30. The number of phenolic OH excluding ortho intramolecular Hbond substituents is 2. The molecule has 0 amide bonds. The Bertz CT molecular complexity index is 394. The summed E-state index contributed by atoms with van der Waals surface area (Å²) in [5.74, 6) is -2.63. The maximum Gasteiger partial charge on any atom is 0.303 e. The van der Waals surface area contributed by atoms with E-state index in [1.54, 1.807) is 0 Å². The number of benzene rings is 1. The van der Waals surface area contributed by atoms with E-state index >= 15 is 0 Å². The molecule has 1 aromatic carbocycles. The zero-order valence-electron chi connectivity index (χ0n) is 8.20. The van der Waals surface area contributed by atoms with Gasteiger partial charge in [0.1, 0.15) is 5.82 Å². The van der Waals surface area contributed by atoms with Gasteiger partial charge < -0.3 is 15.3 Å². The van der Waals surface area contributed by atoms with Crippen LogP contribution in [-0.2, 0) is 11.2 Å². The van der Waals surface area contributed by atoms with Crippen LogP contribution in [0.1, 0.15) is 18.4 Å². The topological polar surface area (TPSA) is 77.8 Å². The number of rotatable bonds is 4.